The molecular formula is C12H19NOS. The average Bonchev–Trinajstić information content (AvgIpc) is 2.49. The molecule has 0 saturated carbocycles. The van der Waals surface area contributed by atoms with Crippen LogP contribution in [0.4, 0.5) is 0 Å². The Bertz CT molecular complexity index is 332. The fraction of sp³-hybridized carbons (Fsp3) is 0.667. The molecule has 2 nitrogen and oxygen atoms in total. The molecule has 0 aliphatic carbocycles. The Kier molecular flexibility index (Phi) is 3.14. The van der Waals surface area contributed by atoms with E-state index in [1.165, 1.54) is 10.4 Å². The lowest BCUT2D eigenvalue weighted by molar-refractivity contribution is 0.0276. The summed E-state index contributed by atoms with van der Waals surface area (Å²) in [6.07, 6.45) is 0.242. The molecule has 15 heavy (non-hydrogen) atoms. The van der Waals surface area contributed by atoms with Gasteiger partial charge in [-0.2, -0.15) is 0 Å². The first-order valence-electron chi connectivity index (χ1n) is 5.45. The monoisotopic (exact) mass is 225 g/mol. The van der Waals surface area contributed by atoms with Crippen molar-refractivity contribution in [2.75, 3.05) is 19.7 Å². The third-order valence-electron chi connectivity index (χ3n) is 2.80. The first-order chi connectivity index (χ1) is 7.08. The van der Waals surface area contributed by atoms with Crippen molar-refractivity contribution in [2.45, 2.75) is 26.9 Å². The average molecular weight is 225 g/mol. The van der Waals surface area contributed by atoms with Crippen LogP contribution in [0.3, 0.4) is 0 Å². The van der Waals surface area contributed by atoms with Gasteiger partial charge in [0, 0.05) is 23.4 Å². The van der Waals surface area contributed by atoms with Gasteiger partial charge < -0.3 is 10.1 Å². The summed E-state index contributed by atoms with van der Waals surface area (Å²) < 4.78 is 5.99. The van der Waals surface area contributed by atoms with Gasteiger partial charge in [0.15, 0.2) is 0 Å². The van der Waals surface area contributed by atoms with E-state index in [0.717, 1.165) is 19.7 Å². The van der Waals surface area contributed by atoms with Crippen molar-refractivity contribution in [3.63, 3.8) is 0 Å². The lowest BCUT2D eigenvalue weighted by Gasteiger charge is -2.21. The number of hydrogen-bond donors (Lipinski definition) is 1. The number of thiophene rings is 1. The summed E-state index contributed by atoms with van der Waals surface area (Å²) in [4.78, 5) is 1.38. The second kappa shape index (κ2) is 4.24. The smallest absolute Gasteiger partial charge is 0.104 e. The van der Waals surface area contributed by atoms with Crippen LogP contribution in [0.25, 0.3) is 0 Å². The number of rotatable bonds is 1. The Morgan fingerprint density at radius 1 is 1.53 bits per heavy atom. The van der Waals surface area contributed by atoms with Crippen LogP contribution < -0.4 is 5.32 Å². The van der Waals surface area contributed by atoms with E-state index in [0.29, 0.717) is 0 Å². The highest BCUT2D eigenvalue weighted by atomic mass is 32.1. The maximum absolute atomic E-state index is 5.99. The molecule has 2 heterocycles. The predicted molar refractivity (Wildman–Crippen MR) is 64.4 cm³/mol. The second-order valence-electron chi connectivity index (χ2n) is 5.06. The molecule has 0 bridgehead atoms. The van der Waals surface area contributed by atoms with Crippen molar-refractivity contribution >= 4 is 11.3 Å². The number of hydrogen-bond acceptors (Lipinski definition) is 3. The van der Waals surface area contributed by atoms with E-state index in [9.17, 15) is 0 Å². The molecule has 0 amide bonds. The molecule has 1 saturated heterocycles. The Morgan fingerprint density at radius 3 is 3.00 bits per heavy atom. The highest BCUT2D eigenvalue weighted by Gasteiger charge is 2.26. The minimum absolute atomic E-state index is 0.242. The molecule has 1 fully saturated rings. The van der Waals surface area contributed by atoms with Gasteiger partial charge in [0.25, 0.3) is 0 Å². The first kappa shape index (κ1) is 11.1. The maximum atomic E-state index is 5.99. The summed E-state index contributed by atoms with van der Waals surface area (Å²) in [6, 6.07) is 2.17. The lowest BCUT2D eigenvalue weighted by Crippen LogP contribution is -2.29. The van der Waals surface area contributed by atoms with Crippen LogP contribution >= 0.6 is 11.3 Å². The molecule has 0 radical (unpaired) electrons. The van der Waals surface area contributed by atoms with Crippen LogP contribution in [0.1, 0.15) is 30.4 Å². The standard InChI is InChI=1S/C12H19NOS/c1-9-4-5-15-11(9)10-6-13-7-12(2,3)8-14-10/h4-5,10,13H,6-8H2,1-3H3. The largest absolute Gasteiger partial charge is 0.371 e. The molecule has 3 heteroatoms. The van der Waals surface area contributed by atoms with Crippen LogP contribution in [0.15, 0.2) is 11.4 Å². The van der Waals surface area contributed by atoms with E-state index >= 15 is 0 Å². The number of ether oxygens (including phenoxy) is 1. The van der Waals surface area contributed by atoms with Crippen LogP contribution in [-0.2, 0) is 4.74 Å². The van der Waals surface area contributed by atoms with E-state index < -0.39 is 0 Å². The van der Waals surface area contributed by atoms with E-state index in [-0.39, 0.29) is 11.5 Å². The molecule has 0 aromatic carbocycles. The van der Waals surface area contributed by atoms with Crippen molar-refractivity contribution in [3.05, 3.63) is 21.9 Å². The van der Waals surface area contributed by atoms with Gasteiger partial charge in [-0.05, 0) is 23.9 Å². The Hall–Kier alpha value is -0.380. The van der Waals surface area contributed by atoms with Gasteiger partial charge in [-0.15, -0.1) is 11.3 Å². The fourth-order valence-corrected chi connectivity index (χ4v) is 2.84. The van der Waals surface area contributed by atoms with Gasteiger partial charge in [0.2, 0.25) is 0 Å². The van der Waals surface area contributed by atoms with Crippen LogP contribution in [0.2, 0.25) is 0 Å². The quantitative estimate of drug-likeness (QED) is 0.793. The topological polar surface area (TPSA) is 21.3 Å². The third-order valence-corrected chi connectivity index (χ3v) is 3.91. The van der Waals surface area contributed by atoms with Crippen molar-refractivity contribution in [3.8, 4) is 0 Å². The Morgan fingerprint density at radius 2 is 2.33 bits per heavy atom. The van der Waals surface area contributed by atoms with E-state index in [2.05, 4.69) is 37.5 Å². The van der Waals surface area contributed by atoms with Gasteiger partial charge in [0.1, 0.15) is 6.10 Å². The highest BCUT2D eigenvalue weighted by Crippen LogP contribution is 2.30. The van der Waals surface area contributed by atoms with Crippen molar-refractivity contribution < 1.29 is 4.74 Å². The van der Waals surface area contributed by atoms with Crippen LogP contribution in [0.5, 0.6) is 0 Å². The molecule has 1 atom stereocenters. The first-order valence-corrected chi connectivity index (χ1v) is 6.33. The minimum atomic E-state index is 0.242. The Balaban J connectivity index is 2.09. The summed E-state index contributed by atoms with van der Waals surface area (Å²) in [6.45, 7) is 9.44. The summed E-state index contributed by atoms with van der Waals surface area (Å²) in [5.74, 6) is 0. The normalized spacial score (nSPS) is 26.2. The minimum Gasteiger partial charge on any atom is -0.371 e. The van der Waals surface area contributed by atoms with Gasteiger partial charge in [-0.25, -0.2) is 0 Å². The van der Waals surface area contributed by atoms with E-state index in [1.54, 1.807) is 11.3 Å². The van der Waals surface area contributed by atoms with Gasteiger partial charge >= 0.3 is 0 Å². The molecule has 2 rings (SSSR count). The zero-order valence-electron chi connectivity index (χ0n) is 9.67. The zero-order chi connectivity index (χ0) is 10.9. The SMILES string of the molecule is Cc1ccsc1C1CNCC(C)(C)CO1. The molecule has 0 spiro atoms. The molecule has 1 aromatic heterocycles. The van der Waals surface area contributed by atoms with Crippen molar-refractivity contribution in [2.24, 2.45) is 5.41 Å². The zero-order valence-corrected chi connectivity index (χ0v) is 10.5. The molecule has 1 aromatic rings. The molecule has 1 aliphatic heterocycles. The number of nitrogens with one attached hydrogen (secondary N) is 1. The third kappa shape index (κ3) is 2.60. The van der Waals surface area contributed by atoms with Gasteiger partial charge in [-0.1, -0.05) is 13.8 Å². The maximum Gasteiger partial charge on any atom is 0.104 e. The van der Waals surface area contributed by atoms with E-state index in [1.807, 2.05) is 0 Å². The van der Waals surface area contributed by atoms with Crippen LogP contribution in [0, 0.1) is 12.3 Å². The molecular weight excluding hydrogens is 206 g/mol. The molecule has 1 N–H and O–H groups in total. The van der Waals surface area contributed by atoms with E-state index in [4.69, 9.17) is 4.74 Å². The highest BCUT2D eigenvalue weighted by molar-refractivity contribution is 7.10. The van der Waals surface area contributed by atoms with Crippen molar-refractivity contribution in [1.82, 2.24) is 5.32 Å². The molecule has 1 aliphatic rings. The number of aryl methyl sites for hydroxylation is 1. The Labute approximate surface area is 95.6 Å². The van der Waals surface area contributed by atoms with Crippen molar-refractivity contribution in [1.29, 1.82) is 0 Å². The fourth-order valence-electron chi connectivity index (χ4n) is 1.86. The van der Waals surface area contributed by atoms with Gasteiger partial charge in [0.05, 0.1) is 6.61 Å². The van der Waals surface area contributed by atoms with Crippen LogP contribution in [-0.4, -0.2) is 19.7 Å². The van der Waals surface area contributed by atoms with Gasteiger partial charge in [-0.3, -0.25) is 0 Å². The molecule has 1 unspecified atom stereocenters. The summed E-state index contributed by atoms with van der Waals surface area (Å²) >= 11 is 1.80. The second-order valence-corrected chi connectivity index (χ2v) is 6.01. The summed E-state index contributed by atoms with van der Waals surface area (Å²) in [5, 5.41) is 5.63. The summed E-state index contributed by atoms with van der Waals surface area (Å²) in [5.41, 5.74) is 1.60. The predicted octanol–water partition coefficient (Wildman–Crippen LogP) is 2.74. The molecule has 84 valence electrons. The lowest BCUT2D eigenvalue weighted by atomic mass is 9.95. The summed E-state index contributed by atoms with van der Waals surface area (Å²) in [7, 11) is 0.